The first kappa shape index (κ1) is 18.7. The van der Waals surface area contributed by atoms with E-state index < -0.39 is 20.9 Å². The Kier molecular flexibility index (Phi) is 5.10. The van der Waals surface area contributed by atoms with Crippen LogP contribution in [-0.4, -0.2) is 24.6 Å². The molecule has 1 unspecified atom stereocenters. The first-order valence-corrected chi connectivity index (χ1v) is 11.2. The quantitative estimate of drug-likeness (QED) is 0.817. The Morgan fingerprint density at radius 1 is 1.00 bits per heavy atom. The summed E-state index contributed by atoms with van der Waals surface area (Å²) in [6.45, 7) is 0.164. The zero-order valence-corrected chi connectivity index (χ0v) is 16.1. The highest BCUT2D eigenvalue weighted by molar-refractivity contribution is 7.92. The zero-order valence-electron chi connectivity index (χ0n) is 15.3. The van der Waals surface area contributed by atoms with Crippen LogP contribution in [0.1, 0.15) is 37.7 Å². The van der Waals surface area contributed by atoms with Crippen molar-refractivity contribution in [3.63, 3.8) is 0 Å². The molecule has 2 aromatic carbocycles. The van der Waals surface area contributed by atoms with Crippen LogP contribution < -0.4 is 0 Å². The van der Waals surface area contributed by atoms with E-state index >= 15 is 0 Å². The topological polar surface area (TPSA) is 63.6 Å². The molecular weight excluding hydrogens is 360 g/mol. The number of ether oxygens (including phenoxy) is 1. The van der Waals surface area contributed by atoms with Gasteiger partial charge < -0.3 is 9.84 Å². The third-order valence-electron chi connectivity index (χ3n) is 6.15. The summed E-state index contributed by atoms with van der Waals surface area (Å²) in [6.07, 6.45) is 4.65. The molecule has 4 nitrogen and oxygen atoms in total. The molecule has 0 heterocycles. The monoisotopic (exact) mass is 386 g/mol. The van der Waals surface area contributed by atoms with Crippen molar-refractivity contribution in [2.24, 2.45) is 11.8 Å². The Morgan fingerprint density at radius 2 is 1.63 bits per heavy atom. The number of benzene rings is 2. The highest BCUT2D eigenvalue weighted by Crippen LogP contribution is 2.55. The third-order valence-corrected chi connectivity index (χ3v) is 8.18. The second-order valence-electron chi connectivity index (χ2n) is 7.83. The van der Waals surface area contributed by atoms with Crippen LogP contribution in [0, 0.1) is 11.8 Å². The van der Waals surface area contributed by atoms with Gasteiger partial charge in [0.1, 0.15) is 5.60 Å². The van der Waals surface area contributed by atoms with Crippen LogP contribution in [0.25, 0.3) is 0 Å². The van der Waals surface area contributed by atoms with Gasteiger partial charge in [-0.15, -0.1) is 0 Å². The van der Waals surface area contributed by atoms with E-state index in [9.17, 15) is 13.5 Å². The van der Waals surface area contributed by atoms with Gasteiger partial charge in [0.05, 0.1) is 11.5 Å². The lowest BCUT2D eigenvalue weighted by molar-refractivity contribution is -0.203. The zero-order chi connectivity index (χ0) is 18.9. The third kappa shape index (κ3) is 3.44. The number of hydrogen-bond donors (Lipinski definition) is 1. The van der Waals surface area contributed by atoms with Crippen molar-refractivity contribution in [1.29, 1.82) is 0 Å². The molecule has 2 saturated carbocycles. The standard InChI is InChI=1S/C22H26O4S/c23-22(15-18-11-7-8-14-20(18)22)21(26-16-17-9-3-1-4-10-17)27(24,25)19-12-5-2-6-13-19/h1-6,9-10,12-13,18,20-21,23H,7-8,11,14-16H2/t18-,20-,21?,22+/m0/s1. The second kappa shape index (κ2) is 7.38. The van der Waals surface area contributed by atoms with Crippen LogP contribution in [0.2, 0.25) is 0 Å². The minimum atomic E-state index is -3.81. The molecule has 0 aliphatic heterocycles. The summed E-state index contributed by atoms with van der Waals surface area (Å²) in [4.78, 5) is 0.204. The van der Waals surface area contributed by atoms with Gasteiger partial charge in [0.2, 0.25) is 9.84 Å². The van der Waals surface area contributed by atoms with Gasteiger partial charge in [-0.3, -0.25) is 0 Å². The molecule has 5 heteroatoms. The number of rotatable bonds is 6. The maximum absolute atomic E-state index is 13.4. The minimum Gasteiger partial charge on any atom is -0.386 e. The molecule has 2 fully saturated rings. The molecule has 4 atom stereocenters. The summed E-state index contributed by atoms with van der Waals surface area (Å²) < 4.78 is 32.7. The molecule has 2 aliphatic rings. The predicted molar refractivity (Wildman–Crippen MR) is 104 cm³/mol. The smallest absolute Gasteiger partial charge is 0.208 e. The molecule has 0 spiro atoms. The van der Waals surface area contributed by atoms with Crippen LogP contribution in [0.5, 0.6) is 0 Å². The lowest BCUT2D eigenvalue weighted by atomic mass is 9.56. The van der Waals surface area contributed by atoms with Crippen molar-refractivity contribution < 1.29 is 18.3 Å². The van der Waals surface area contributed by atoms with Gasteiger partial charge in [-0.2, -0.15) is 0 Å². The summed E-state index contributed by atoms with van der Waals surface area (Å²) in [5.41, 5.74) is -1.66. The van der Waals surface area contributed by atoms with Crippen molar-refractivity contribution >= 4 is 9.84 Å². The van der Waals surface area contributed by atoms with Gasteiger partial charge in [0.15, 0.2) is 5.44 Å². The fraction of sp³-hybridized carbons (Fsp3) is 0.455. The first-order chi connectivity index (χ1) is 13.0. The average molecular weight is 387 g/mol. The van der Waals surface area contributed by atoms with Gasteiger partial charge >= 0.3 is 0 Å². The lowest BCUT2D eigenvalue weighted by Gasteiger charge is -2.56. The molecule has 1 N–H and O–H groups in total. The van der Waals surface area contributed by atoms with Gasteiger partial charge in [0.25, 0.3) is 0 Å². The normalized spacial score (nSPS) is 28.8. The van der Waals surface area contributed by atoms with Crippen LogP contribution in [0.15, 0.2) is 65.6 Å². The van der Waals surface area contributed by atoms with E-state index in [-0.39, 0.29) is 17.4 Å². The van der Waals surface area contributed by atoms with E-state index in [2.05, 4.69) is 0 Å². The molecular formula is C22H26O4S. The second-order valence-corrected chi connectivity index (χ2v) is 9.82. The van der Waals surface area contributed by atoms with E-state index in [1.807, 2.05) is 30.3 Å². The van der Waals surface area contributed by atoms with Crippen LogP contribution in [0.4, 0.5) is 0 Å². The van der Waals surface area contributed by atoms with E-state index in [1.165, 1.54) is 0 Å². The molecule has 4 rings (SSSR count). The van der Waals surface area contributed by atoms with E-state index in [0.717, 1.165) is 31.2 Å². The molecule has 27 heavy (non-hydrogen) atoms. The largest absolute Gasteiger partial charge is 0.386 e. The van der Waals surface area contributed by atoms with Crippen molar-refractivity contribution in [2.75, 3.05) is 0 Å². The Bertz CT molecular complexity index is 866. The Labute approximate surface area is 161 Å². The predicted octanol–water partition coefficient (Wildman–Crippen LogP) is 3.94. The van der Waals surface area contributed by atoms with Crippen molar-refractivity contribution in [3.05, 3.63) is 66.2 Å². The van der Waals surface area contributed by atoms with Gasteiger partial charge in [-0.1, -0.05) is 61.4 Å². The van der Waals surface area contributed by atoms with Crippen molar-refractivity contribution in [2.45, 2.75) is 54.6 Å². The molecule has 0 saturated heterocycles. The molecule has 2 aliphatic carbocycles. The summed E-state index contributed by atoms with van der Waals surface area (Å²) in [5, 5.41) is 11.4. The minimum absolute atomic E-state index is 0.00510. The summed E-state index contributed by atoms with van der Waals surface area (Å²) in [6, 6.07) is 17.9. The molecule has 0 bridgehead atoms. The summed E-state index contributed by atoms with van der Waals surface area (Å²) in [7, 11) is -3.81. The van der Waals surface area contributed by atoms with Crippen LogP contribution in [-0.2, 0) is 21.2 Å². The summed E-state index contributed by atoms with van der Waals surface area (Å²) >= 11 is 0. The highest BCUT2D eigenvalue weighted by atomic mass is 32.2. The fourth-order valence-corrected chi connectivity index (χ4v) is 6.61. The van der Waals surface area contributed by atoms with Gasteiger partial charge in [-0.25, -0.2) is 8.42 Å². The van der Waals surface area contributed by atoms with Crippen LogP contribution in [0.3, 0.4) is 0 Å². The SMILES string of the molecule is O=S(=O)(c1ccccc1)C(OCc1ccccc1)[C@@]1(O)C[C@@H]2CCCC[C@@H]21. The maximum Gasteiger partial charge on any atom is 0.208 e. The van der Waals surface area contributed by atoms with E-state index in [1.54, 1.807) is 30.3 Å². The first-order valence-electron chi connectivity index (χ1n) is 9.69. The number of aliphatic hydroxyl groups is 1. The van der Waals surface area contributed by atoms with Crippen LogP contribution >= 0.6 is 0 Å². The lowest BCUT2D eigenvalue weighted by Crippen LogP contribution is -2.64. The average Bonchev–Trinajstić information content (AvgIpc) is 2.69. The van der Waals surface area contributed by atoms with Crippen molar-refractivity contribution in [3.8, 4) is 0 Å². The molecule has 0 amide bonds. The Morgan fingerprint density at radius 3 is 2.30 bits per heavy atom. The molecule has 144 valence electrons. The van der Waals surface area contributed by atoms with Crippen molar-refractivity contribution in [1.82, 2.24) is 0 Å². The Balaban J connectivity index is 1.65. The maximum atomic E-state index is 13.4. The number of fused-ring (bicyclic) bond motifs is 1. The Hall–Kier alpha value is -1.69. The van der Waals surface area contributed by atoms with E-state index in [4.69, 9.17) is 4.74 Å². The number of hydrogen-bond acceptors (Lipinski definition) is 4. The van der Waals surface area contributed by atoms with Gasteiger partial charge in [0, 0.05) is 0 Å². The van der Waals surface area contributed by atoms with Gasteiger partial charge in [-0.05, 0) is 48.8 Å². The molecule has 0 radical (unpaired) electrons. The fourth-order valence-electron chi connectivity index (χ4n) is 4.77. The summed E-state index contributed by atoms with van der Waals surface area (Å²) in [5.74, 6) is 0.419. The van der Waals surface area contributed by atoms with E-state index in [0.29, 0.717) is 12.3 Å². The molecule has 0 aromatic heterocycles. The number of sulfone groups is 1. The highest BCUT2D eigenvalue weighted by Gasteiger charge is 2.61. The molecule has 2 aromatic rings.